The number of nitrogens with one attached hydrogen (secondary N) is 1. The van der Waals surface area contributed by atoms with E-state index in [1.165, 1.54) is 52.0 Å². The summed E-state index contributed by atoms with van der Waals surface area (Å²) in [7, 11) is -3.03. The minimum absolute atomic E-state index is 0.0926. The first kappa shape index (κ1) is 25.0. The van der Waals surface area contributed by atoms with Crippen LogP contribution in [0.25, 0.3) is 0 Å². The molecule has 0 bridgehead atoms. The Labute approximate surface area is 139 Å². The summed E-state index contributed by atoms with van der Waals surface area (Å²) in [6.45, 7) is 2.31. The SMILES string of the molecule is CCCCCCCCCCCCOS(=O)(=O)O.CNC(O)(O)O. The molecule has 0 atom stereocenters. The molecule has 0 aromatic rings. The Kier molecular flexibility index (Phi) is 16.5. The van der Waals surface area contributed by atoms with Crippen molar-refractivity contribution in [1.29, 1.82) is 0 Å². The van der Waals surface area contributed by atoms with Gasteiger partial charge in [-0.2, -0.15) is 8.42 Å². The van der Waals surface area contributed by atoms with E-state index in [2.05, 4.69) is 11.1 Å². The zero-order valence-electron chi connectivity index (χ0n) is 14.2. The fourth-order valence-electron chi connectivity index (χ4n) is 1.75. The quantitative estimate of drug-likeness (QED) is 0.190. The minimum Gasteiger partial charge on any atom is -0.330 e. The van der Waals surface area contributed by atoms with Crippen molar-refractivity contribution >= 4 is 10.4 Å². The Morgan fingerprint density at radius 2 is 1.22 bits per heavy atom. The molecule has 0 rings (SSSR count). The van der Waals surface area contributed by atoms with Gasteiger partial charge in [0.05, 0.1) is 6.61 Å². The second-order valence-electron chi connectivity index (χ2n) is 5.32. The highest BCUT2D eigenvalue weighted by Crippen LogP contribution is 2.10. The summed E-state index contributed by atoms with van der Waals surface area (Å²) in [6.07, 6.45) is 9.14. The second-order valence-corrected chi connectivity index (χ2v) is 6.41. The molecule has 5 N–H and O–H groups in total. The molecular formula is C14H33NO7S. The Morgan fingerprint density at radius 1 is 0.870 bits per heavy atom. The van der Waals surface area contributed by atoms with Gasteiger partial charge in [0.1, 0.15) is 0 Å². The summed E-state index contributed by atoms with van der Waals surface area (Å²) in [5.41, 5.74) is 0. The Bertz CT molecular complexity index is 342. The normalized spacial score (nSPS) is 11.9. The molecule has 0 aliphatic carbocycles. The third kappa shape index (κ3) is 30.2. The first-order valence-electron chi connectivity index (χ1n) is 8.10. The van der Waals surface area contributed by atoms with Crippen LogP contribution in [-0.2, 0) is 14.6 Å². The van der Waals surface area contributed by atoms with Crippen molar-refractivity contribution in [1.82, 2.24) is 5.32 Å². The highest BCUT2D eigenvalue weighted by Gasteiger charge is 2.11. The van der Waals surface area contributed by atoms with E-state index in [4.69, 9.17) is 19.9 Å². The molecule has 0 aliphatic rings. The van der Waals surface area contributed by atoms with E-state index in [1.807, 2.05) is 0 Å². The first-order valence-corrected chi connectivity index (χ1v) is 9.46. The van der Waals surface area contributed by atoms with Crippen LogP contribution in [0.5, 0.6) is 0 Å². The van der Waals surface area contributed by atoms with Crippen molar-refractivity contribution < 1.29 is 32.5 Å². The molecule has 0 aromatic heterocycles. The van der Waals surface area contributed by atoms with Crippen molar-refractivity contribution in [3.63, 3.8) is 0 Å². The third-order valence-corrected chi connectivity index (χ3v) is 3.53. The zero-order valence-corrected chi connectivity index (χ0v) is 15.0. The second kappa shape index (κ2) is 15.3. The molecular weight excluding hydrogens is 326 g/mol. The van der Waals surface area contributed by atoms with E-state index in [9.17, 15) is 8.42 Å². The molecule has 0 fully saturated rings. The van der Waals surface area contributed by atoms with Gasteiger partial charge in [-0.05, 0) is 13.5 Å². The van der Waals surface area contributed by atoms with Gasteiger partial charge < -0.3 is 15.3 Å². The molecule has 23 heavy (non-hydrogen) atoms. The highest BCUT2D eigenvalue weighted by atomic mass is 32.3. The molecule has 9 heteroatoms. The maximum absolute atomic E-state index is 10.2. The van der Waals surface area contributed by atoms with E-state index >= 15 is 0 Å². The average Bonchev–Trinajstić information content (AvgIpc) is 2.43. The van der Waals surface area contributed by atoms with E-state index in [1.54, 1.807) is 5.32 Å². The van der Waals surface area contributed by atoms with Gasteiger partial charge >= 0.3 is 16.5 Å². The van der Waals surface area contributed by atoms with Crippen LogP contribution in [0.3, 0.4) is 0 Å². The van der Waals surface area contributed by atoms with Gasteiger partial charge in [0.15, 0.2) is 0 Å². The molecule has 0 saturated carbocycles. The zero-order chi connectivity index (χ0) is 18.2. The van der Waals surface area contributed by atoms with Crippen LogP contribution in [0.15, 0.2) is 0 Å². The fraction of sp³-hybridized carbons (Fsp3) is 1.00. The Morgan fingerprint density at radius 3 is 1.52 bits per heavy atom. The van der Waals surface area contributed by atoms with Gasteiger partial charge in [0.2, 0.25) is 0 Å². The molecule has 0 aromatic carbocycles. The Hall–Kier alpha value is -0.290. The van der Waals surface area contributed by atoms with Crippen molar-refractivity contribution in [2.24, 2.45) is 0 Å². The van der Waals surface area contributed by atoms with Gasteiger partial charge in [0.25, 0.3) is 0 Å². The lowest BCUT2D eigenvalue weighted by molar-refractivity contribution is -0.328. The van der Waals surface area contributed by atoms with Crippen LogP contribution in [0.2, 0.25) is 0 Å². The maximum atomic E-state index is 10.2. The third-order valence-electron chi connectivity index (χ3n) is 3.07. The Balaban J connectivity index is 0. The summed E-state index contributed by atoms with van der Waals surface area (Å²) in [5.74, 6) is 0. The summed E-state index contributed by atoms with van der Waals surface area (Å²) in [5, 5.41) is 25.3. The first-order chi connectivity index (χ1) is 10.6. The fourth-order valence-corrected chi connectivity index (χ4v) is 2.08. The molecule has 0 unspecified atom stereocenters. The van der Waals surface area contributed by atoms with Crippen LogP contribution in [0, 0.1) is 0 Å². The van der Waals surface area contributed by atoms with E-state index in [0.29, 0.717) is 6.42 Å². The molecule has 0 spiro atoms. The lowest BCUT2D eigenvalue weighted by Gasteiger charge is -2.09. The van der Waals surface area contributed by atoms with Crippen LogP contribution in [0.1, 0.15) is 71.1 Å². The molecule has 8 nitrogen and oxygen atoms in total. The molecule has 0 amide bonds. The monoisotopic (exact) mass is 359 g/mol. The van der Waals surface area contributed by atoms with Crippen molar-refractivity contribution in [3.05, 3.63) is 0 Å². The van der Waals surface area contributed by atoms with Crippen molar-refractivity contribution in [2.45, 2.75) is 77.2 Å². The number of unbranched alkanes of at least 4 members (excludes halogenated alkanes) is 9. The predicted octanol–water partition coefficient (Wildman–Crippen LogP) is 1.52. The molecule has 0 radical (unpaired) electrons. The molecule has 0 heterocycles. The smallest absolute Gasteiger partial charge is 0.330 e. The average molecular weight is 359 g/mol. The van der Waals surface area contributed by atoms with Gasteiger partial charge in [0, 0.05) is 0 Å². The predicted molar refractivity (Wildman–Crippen MR) is 87.8 cm³/mol. The minimum atomic E-state index is -4.23. The highest BCUT2D eigenvalue weighted by molar-refractivity contribution is 7.80. The number of rotatable bonds is 13. The molecule has 0 saturated heterocycles. The van der Waals surface area contributed by atoms with Gasteiger partial charge in [-0.25, -0.2) is 9.50 Å². The largest absolute Gasteiger partial charge is 0.397 e. The lowest BCUT2D eigenvalue weighted by Crippen LogP contribution is -2.41. The summed E-state index contributed by atoms with van der Waals surface area (Å²) in [6, 6.07) is 0. The molecule has 142 valence electrons. The van der Waals surface area contributed by atoms with Crippen LogP contribution >= 0.6 is 0 Å². The topological polar surface area (TPSA) is 136 Å². The summed E-state index contributed by atoms with van der Waals surface area (Å²) < 4.78 is 33.0. The standard InChI is InChI=1S/C12H26O4S.C2H7NO3/c1-2-3-4-5-6-7-8-9-10-11-12-16-17(13,14)15;1-3-2(4,5)6/h2-12H2,1H3,(H,13,14,15);3-6H,1H3. The lowest BCUT2D eigenvalue weighted by atomic mass is 10.1. The van der Waals surface area contributed by atoms with Crippen molar-refractivity contribution in [2.75, 3.05) is 13.7 Å². The number of aliphatic hydroxyl groups is 3. The maximum Gasteiger partial charge on any atom is 0.397 e. The van der Waals surface area contributed by atoms with Gasteiger partial charge in [-0.15, -0.1) is 0 Å². The van der Waals surface area contributed by atoms with E-state index < -0.39 is 16.5 Å². The van der Waals surface area contributed by atoms with Crippen LogP contribution < -0.4 is 5.32 Å². The summed E-state index contributed by atoms with van der Waals surface area (Å²) >= 11 is 0. The van der Waals surface area contributed by atoms with E-state index in [0.717, 1.165) is 12.8 Å². The van der Waals surface area contributed by atoms with Gasteiger partial charge in [-0.3, -0.25) is 4.55 Å². The number of hydrogen-bond donors (Lipinski definition) is 5. The van der Waals surface area contributed by atoms with E-state index in [-0.39, 0.29) is 6.61 Å². The van der Waals surface area contributed by atoms with Crippen LogP contribution in [0.4, 0.5) is 0 Å². The van der Waals surface area contributed by atoms with Gasteiger partial charge in [-0.1, -0.05) is 64.7 Å². The molecule has 0 aliphatic heterocycles. The van der Waals surface area contributed by atoms with Crippen LogP contribution in [-0.4, -0.2) is 48.0 Å². The van der Waals surface area contributed by atoms with Crippen molar-refractivity contribution in [3.8, 4) is 0 Å². The number of hydrogen-bond acceptors (Lipinski definition) is 7. The summed E-state index contributed by atoms with van der Waals surface area (Å²) in [4.78, 5) is 0.